The average Bonchev–Trinajstić information content (AvgIpc) is 2.98. The predicted octanol–water partition coefficient (Wildman–Crippen LogP) is 5.30. The Morgan fingerprint density at radius 3 is 2.54 bits per heavy atom. The fourth-order valence-electron chi connectivity index (χ4n) is 2.76. The normalized spacial score (nSPS) is 10.4. The summed E-state index contributed by atoms with van der Waals surface area (Å²) in [6.45, 7) is 9.89. The zero-order valence-electron chi connectivity index (χ0n) is 15.5. The van der Waals surface area contributed by atoms with Crippen molar-refractivity contribution in [2.24, 2.45) is 0 Å². The first-order chi connectivity index (χ1) is 11.7. The minimum Gasteiger partial charge on any atom is -0.361 e. The van der Waals surface area contributed by atoms with Gasteiger partial charge in [0.15, 0.2) is 0 Å². The largest absolute Gasteiger partial charge is 0.361 e. The van der Waals surface area contributed by atoms with E-state index in [0.29, 0.717) is 6.42 Å². The van der Waals surface area contributed by atoms with Crippen LogP contribution in [0.15, 0.2) is 24.4 Å². The van der Waals surface area contributed by atoms with Crippen LogP contribution in [0.4, 0.5) is 4.39 Å². The second-order valence-corrected chi connectivity index (χ2v) is 5.77. The number of H-pyrrole nitrogens is 1. The van der Waals surface area contributed by atoms with Gasteiger partial charge in [-0.2, -0.15) is 0 Å². The molecule has 24 heavy (non-hydrogen) atoms. The van der Waals surface area contributed by atoms with Gasteiger partial charge in [0.05, 0.1) is 6.42 Å². The van der Waals surface area contributed by atoms with E-state index < -0.39 is 0 Å². The van der Waals surface area contributed by atoms with Crippen LogP contribution >= 0.6 is 0 Å². The van der Waals surface area contributed by atoms with Crippen LogP contribution in [-0.4, -0.2) is 28.9 Å². The Bertz CT molecular complexity index is 621. The maximum Gasteiger partial charge on any atom is 0.227 e. The number of hydrogen-bond donors (Lipinski definition) is 1. The smallest absolute Gasteiger partial charge is 0.227 e. The van der Waals surface area contributed by atoms with Gasteiger partial charge < -0.3 is 9.88 Å². The number of rotatable bonds is 8. The van der Waals surface area contributed by atoms with Gasteiger partial charge in [0, 0.05) is 30.2 Å². The van der Waals surface area contributed by atoms with E-state index >= 15 is 0 Å². The fraction of sp³-hybridized carbons (Fsp3) is 0.550. The monoisotopic (exact) mass is 334 g/mol. The molecule has 0 fully saturated rings. The van der Waals surface area contributed by atoms with Gasteiger partial charge in [-0.05, 0) is 36.6 Å². The quantitative estimate of drug-likeness (QED) is 0.653. The van der Waals surface area contributed by atoms with Crippen molar-refractivity contribution in [1.29, 1.82) is 0 Å². The summed E-state index contributed by atoms with van der Waals surface area (Å²) < 4.78 is 13.2. The van der Waals surface area contributed by atoms with Crippen molar-refractivity contribution in [2.75, 3.05) is 13.1 Å². The minimum absolute atomic E-state index is 0.156. The van der Waals surface area contributed by atoms with Gasteiger partial charge in [-0.1, -0.05) is 40.5 Å². The summed E-state index contributed by atoms with van der Waals surface area (Å²) >= 11 is 0. The van der Waals surface area contributed by atoms with Crippen molar-refractivity contribution in [3.8, 4) is 0 Å². The van der Waals surface area contributed by atoms with Crippen LogP contribution in [0.25, 0.3) is 10.9 Å². The van der Waals surface area contributed by atoms with E-state index in [1.807, 2.05) is 24.9 Å². The van der Waals surface area contributed by atoms with E-state index in [9.17, 15) is 9.18 Å². The second-order valence-electron chi connectivity index (χ2n) is 5.77. The SMILES string of the molecule is CC.CCCCCN(CCC)C(=O)Cc1c[nH]c2cc(F)ccc12. The lowest BCUT2D eigenvalue weighted by Gasteiger charge is -2.22. The Kier molecular flexibility index (Phi) is 9.13. The lowest BCUT2D eigenvalue weighted by molar-refractivity contribution is -0.130. The van der Waals surface area contributed by atoms with Gasteiger partial charge in [0.25, 0.3) is 0 Å². The molecule has 1 N–H and O–H groups in total. The average molecular weight is 334 g/mol. The molecule has 134 valence electrons. The first kappa shape index (κ1) is 20.2. The Morgan fingerprint density at radius 1 is 1.12 bits per heavy atom. The molecule has 4 heteroatoms. The molecule has 0 unspecified atom stereocenters. The number of carbonyl (C=O) groups excluding carboxylic acids is 1. The van der Waals surface area contributed by atoms with Crippen LogP contribution < -0.4 is 0 Å². The summed E-state index contributed by atoms with van der Waals surface area (Å²) in [5, 5.41) is 0.930. The highest BCUT2D eigenvalue weighted by atomic mass is 19.1. The summed E-state index contributed by atoms with van der Waals surface area (Å²) in [5.74, 6) is -0.109. The van der Waals surface area contributed by atoms with E-state index in [1.54, 1.807) is 6.07 Å². The van der Waals surface area contributed by atoms with Crippen molar-refractivity contribution >= 4 is 16.8 Å². The van der Waals surface area contributed by atoms with Crippen LogP contribution in [0.1, 0.15) is 58.9 Å². The molecular weight excluding hydrogens is 303 g/mol. The molecule has 0 radical (unpaired) electrons. The van der Waals surface area contributed by atoms with E-state index in [-0.39, 0.29) is 11.7 Å². The standard InChI is InChI=1S/C18H25FN2O.C2H6/c1-3-5-6-10-21(9-4-2)18(22)11-14-13-20-17-12-15(19)7-8-16(14)17;1-2/h7-8,12-13,20H,3-6,9-11H2,1-2H3;1-2H3. The highest BCUT2D eigenvalue weighted by molar-refractivity contribution is 5.88. The van der Waals surface area contributed by atoms with Crippen molar-refractivity contribution in [3.63, 3.8) is 0 Å². The summed E-state index contributed by atoms with van der Waals surface area (Å²) in [6.07, 6.45) is 6.52. The molecule has 0 aliphatic rings. The first-order valence-electron chi connectivity index (χ1n) is 9.19. The third-order valence-corrected chi connectivity index (χ3v) is 3.95. The number of carbonyl (C=O) groups is 1. The van der Waals surface area contributed by atoms with E-state index in [1.165, 1.54) is 12.1 Å². The first-order valence-corrected chi connectivity index (χ1v) is 9.19. The molecule has 2 aromatic rings. The minimum atomic E-state index is -0.264. The summed E-state index contributed by atoms with van der Waals surface area (Å²) in [4.78, 5) is 17.5. The zero-order valence-corrected chi connectivity index (χ0v) is 15.5. The molecule has 0 bridgehead atoms. The van der Waals surface area contributed by atoms with Crippen molar-refractivity contribution in [3.05, 3.63) is 35.8 Å². The molecule has 1 aromatic heterocycles. The maximum absolute atomic E-state index is 13.2. The topological polar surface area (TPSA) is 36.1 Å². The zero-order chi connectivity index (χ0) is 17.9. The maximum atomic E-state index is 13.2. The third kappa shape index (κ3) is 5.66. The molecule has 0 saturated carbocycles. The van der Waals surface area contributed by atoms with Crippen molar-refractivity contribution in [2.45, 2.75) is 59.8 Å². The number of hydrogen-bond acceptors (Lipinski definition) is 1. The van der Waals surface area contributed by atoms with E-state index in [2.05, 4.69) is 18.8 Å². The third-order valence-electron chi connectivity index (χ3n) is 3.95. The molecular formula is C20H31FN2O. The molecule has 1 amide bonds. The van der Waals surface area contributed by atoms with Crippen LogP contribution in [0.2, 0.25) is 0 Å². The molecule has 1 aromatic carbocycles. The predicted molar refractivity (Wildman–Crippen MR) is 99.7 cm³/mol. The molecule has 0 spiro atoms. The Labute approximate surface area is 145 Å². The van der Waals surface area contributed by atoms with Crippen molar-refractivity contribution in [1.82, 2.24) is 9.88 Å². The van der Waals surface area contributed by atoms with E-state index in [4.69, 9.17) is 0 Å². The lowest BCUT2D eigenvalue weighted by Crippen LogP contribution is -2.33. The van der Waals surface area contributed by atoms with Crippen molar-refractivity contribution < 1.29 is 9.18 Å². The van der Waals surface area contributed by atoms with Gasteiger partial charge in [-0.25, -0.2) is 4.39 Å². The Hall–Kier alpha value is -1.84. The summed E-state index contributed by atoms with van der Waals surface area (Å²) in [5.41, 5.74) is 1.69. The number of halogens is 1. The second kappa shape index (κ2) is 10.8. The lowest BCUT2D eigenvalue weighted by atomic mass is 10.1. The Balaban J connectivity index is 0.00000139. The molecule has 3 nitrogen and oxygen atoms in total. The number of aromatic nitrogens is 1. The number of aromatic amines is 1. The number of benzene rings is 1. The summed E-state index contributed by atoms with van der Waals surface area (Å²) in [7, 11) is 0. The van der Waals surface area contributed by atoms with Gasteiger partial charge in [0.2, 0.25) is 5.91 Å². The van der Waals surface area contributed by atoms with Gasteiger partial charge >= 0.3 is 0 Å². The molecule has 0 aliphatic heterocycles. The van der Waals surface area contributed by atoms with Crippen LogP contribution in [0.5, 0.6) is 0 Å². The molecule has 2 rings (SSSR count). The van der Waals surface area contributed by atoms with Crippen LogP contribution in [0.3, 0.4) is 0 Å². The Morgan fingerprint density at radius 2 is 1.88 bits per heavy atom. The molecule has 1 heterocycles. The number of fused-ring (bicyclic) bond motifs is 1. The van der Waals surface area contributed by atoms with E-state index in [0.717, 1.165) is 55.2 Å². The highest BCUT2D eigenvalue weighted by Gasteiger charge is 2.15. The molecule has 0 aliphatic carbocycles. The van der Waals surface area contributed by atoms with Gasteiger partial charge in [-0.3, -0.25) is 4.79 Å². The number of nitrogens with one attached hydrogen (secondary N) is 1. The van der Waals surface area contributed by atoms with Gasteiger partial charge in [-0.15, -0.1) is 0 Å². The van der Waals surface area contributed by atoms with Gasteiger partial charge in [0.1, 0.15) is 5.82 Å². The number of unbranched alkanes of at least 4 members (excludes halogenated alkanes) is 2. The fourth-order valence-corrected chi connectivity index (χ4v) is 2.76. The number of amides is 1. The number of nitrogens with zero attached hydrogens (tertiary/aromatic N) is 1. The van der Waals surface area contributed by atoms with Crippen LogP contribution in [0, 0.1) is 5.82 Å². The highest BCUT2D eigenvalue weighted by Crippen LogP contribution is 2.20. The molecule has 0 atom stereocenters. The molecule has 0 saturated heterocycles. The van der Waals surface area contributed by atoms with Crippen LogP contribution in [-0.2, 0) is 11.2 Å². The summed E-state index contributed by atoms with van der Waals surface area (Å²) in [6, 6.07) is 4.65.